The predicted molar refractivity (Wildman–Crippen MR) is 98.1 cm³/mol. The topological polar surface area (TPSA) is 23.6 Å². The molecule has 0 atom stereocenters. The number of hydrogen-bond acceptors (Lipinski definition) is 3. The average molecular weight is 358 g/mol. The number of carbonyl (C=O) groups excluding carboxylic acids is 1. The van der Waals surface area contributed by atoms with Crippen LogP contribution in [-0.4, -0.2) is 48.3 Å². The van der Waals surface area contributed by atoms with E-state index in [0.717, 1.165) is 51.3 Å². The van der Waals surface area contributed by atoms with Crippen LogP contribution in [0.5, 0.6) is 0 Å². The van der Waals surface area contributed by atoms with Crippen LogP contribution in [0.4, 0.5) is 8.78 Å². The summed E-state index contributed by atoms with van der Waals surface area (Å²) in [5, 5.41) is 0. The number of hydrogen-bond donors (Lipinski definition) is 0. The summed E-state index contributed by atoms with van der Waals surface area (Å²) >= 11 is 0. The van der Waals surface area contributed by atoms with Crippen LogP contribution in [0.2, 0.25) is 0 Å². The van der Waals surface area contributed by atoms with Gasteiger partial charge < -0.3 is 4.90 Å². The Morgan fingerprint density at radius 3 is 1.96 bits per heavy atom. The molecule has 3 rings (SSSR count). The Hall–Kier alpha value is -2.11. The van der Waals surface area contributed by atoms with Crippen molar-refractivity contribution in [3.63, 3.8) is 0 Å². The maximum atomic E-state index is 13.0. The van der Waals surface area contributed by atoms with E-state index in [9.17, 15) is 13.6 Å². The van der Waals surface area contributed by atoms with Crippen molar-refractivity contribution in [1.82, 2.24) is 9.80 Å². The first-order valence-electron chi connectivity index (χ1n) is 9.08. The quantitative estimate of drug-likeness (QED) is 0.705. The number of rotatable bonds is 7. The minimum atomic E-state index is -0.319. The van der Waals surface area contributed by atoms with Crippen LogP contribution in [0.15, 0.2) is 48.5 Å². The standard InChI is InChI=1S/C21H24F2N2O/c22-19-7-3-17(4-8-19)16-25-14-12-24(13-15-25)11-1-2-21(26)18-5-9-20(23)10-6-18/h3-10H,1-2,11-16H2. The van der Waals surface area contributed by atoms with E-state index < -0.39 is 0 Å². The Morgan fingerprint density at radius 2 is 1.35 bits per heavy atom. The molecule has 0 N–H and O–H groups in total. The molecule has 0 radical (unpaired) electrons. The maximum Gasteiger partial charge on any atom is 0.162 e. The molecule has 0 saturated carbocycles. The van der Waals surface area contributed by atoms with Gasteiger partial charge in [-0.05, 0) is 54.9 Å². The number of carbonyl (C=O) groups is 1. The van der Waals surface area contributed by atoms with Gasteiger partial charge in [0.05, 0.1) is 0 Å². The molecule has 1 fully saturated rings. The van der Waals surface area contributed by atoms with Gasteiger partial charge in [-0.25, -0.2) is 8.78 Å². The summed E-state index contributed by atoms with van der Waals surface area (Å²) in [6.45, 7) is 5.65. The molecule has 0 spiro atoms. The van der Waals surface area contributed by atoms with Gasteiger partial charge in [-0.2, -0.15) is 0 Å². The van der Waals surface area contributed by atoms with E-state index in [0.29, 0.717) is 12.0 Å². The van der Waals surface area contributed by atoms with E-state index in [1.54, 1.807) is 12.1 Å². The molecule has 0 amide bonds. The van der Waals surface area contributed by atoms with E-state index >= 15 is 0 Å². The third-order valence-electron chi connectivity index (χ3n) is 4.83. The Balaban J connectivity index is 1.35. The lowest BCUT2D eigenvalue weighted by Gasteiger charge is -2.34. The molecular formula is C21H24F2N2O. The Bertz CT molecular complexity index is 708. The molecule has 1 aliphatic rings. The smallest absolute Gasteiger partial charge is 0.162 e. The normalized spacial score (nSPS) is 15.9. The lowest BCUT2D eigenvalue weighted by atomic mass is 10.1. The average Bonchev–Trinajstić information content (AvgIpc) is 2.65. The van der Waals surface area contributed by atoms with E-state index in [1.807, 2.05) is 12.1 Å². The van der Waals surface area contributed by atoms with Crippen molar-refractivity contribution >= 4 is 5.78 Å². The highest BCUT2D eigenvalue weighted by Crippen LogP contribution is 2.11. The molecule has 1 aliphatic heterocycles. The predicted octanol–water partition coefficient (Wildman–Crippen LogP) is 3.75. The molecule has 1 saturated heterocycles. The van der Waals surface area contributed by atoms with Gasteiger partial charge in [0.2, 0.25) is 0 Å². The molecular weight excluding hydrogens is 334 g/mol. The second-order valence-electron chi connectivity index (χ2n) is 6.78. The monoisotopic (exact) mass is 358 g/mol. The van der Waals surface area contributed by atoms with Crippen molar-refractivity contribution in [3.8, 4) is 0 Å². The molecule has 0 aromatic heterocycles. The first-order chi connectivity index (χ1) is 12.6. The summed E-state index contributed by atoms with van der Waals surface area (Å²) in [6, 6.07) is 12.4. The van der Waals surface area contributed by atoms with Crippen molar-refractivity contribution in [2.75, 3.05) is 32.7 Å². The van der Waals surface area contributed by atoms with Crippen LogP contribution < -0.4 is 0 Å². The number of nitrogens with zero attached hydrogens (tertiary/aromatic N) is 2. The first-order valence-corrected chi connectivity index (χ1v) is 9.08. The fourth-order valence-corrected chi connectivity index (χ4v) is 3.26. The molecule has 0 aliphatic carbocycles. The maximum absolute atomic E-state index is 13.0. The second-order valence-corrected chi connectivity index (χ2v) is 6.78. The highest BCUT2D eigenvalue weighted by Gasteiger charge is 2.17. The third-order valence-corrected chi connectivity index (χ3v) is 4.83. The molecule has 26 heavy (non-hydrogen) atoms. The molecule has 3 nitrogen and oxygen atoms in total. The number of Topliss-reactive ketones (excluding diaryl/α,β-unsaturated/α-hetero) is 1. The highest BCUT2D eigenvalue weighted by molar-refractivity contribution is 5.95. The Morgan fingerprint density at radius 1 is 0.808 bits per heavy atom. The van der Waals surface area contributed by atoms with Crippen LogP contribution >= 0.6 is 0 Å². The van der Waals surface area contributed by atoms with E-state index in [1.165, 1.54) is 24.3 Å². The van der Waals surface area contributed by atoms with Gasteiger partial charge in [-0.3, -0.25) is 9.69 Å². The minimum absolute atomic E-state index is 0.0694. The minimum Gasteiger partial charge on any atom is -0.301 e. The van der Waals surface area contributed by atoms with Crippen molar-refractivity contribution in [2.45, 2.75) is 19.4 Å². The lowest BCUT2D eigenvalue weighted by Crippen LogP contribution is -2.46. The number of ketones is 1. The summed E-state index contributed by atoms with van der Waals surface area (Å²) in [5.41, 5.74) is 1.71. The summed E-state index contributed by atoms with van der Waals surface area (Å²) in [6.07, 6.45) is 1.30. The van der Waals surface area contributed by atoms with Gasteiger partial charge in [0.15, 0.2) is 5.78 Å². The van der Waals surface area contributed by atoms with Gasteiger partial charge in [0, 0.05) is 44.7 Å². The summed E-state index contributed by atoms with van der Waals surface area (Å²) < 4.78 is 25.9. The molecule has 0 unspecified atom stereocenters. The zero-order valence-electron chi connectivity index (χ0n) is 14.8. The zero-order chi connectivity index (χ0) is 18.4. The van der Waals surface area contributed by atoms with Gasteiger partial charge in [0.25, 0.3) is 0 Å². The molecule has 2 aromatic rings. The van der Waals surface area contributed by atoms with Crippen molar-refractivity contribution in [1.29, 1.82) is 0 Å². The van der Waals surface area contributed by atoms with E-state index in [2.05, 4.69) is 9.80 Å². The lowest BCUT2D eigenvalue weighted by molar-refractivity contribution is 0.0959. The van der Waals surface area contributed by atoms with Crippen molar-refractivity contribution in [2.24, 2.45) is 0 Å². The van der Waals surface area contributed by atoms with Crippen LogP contribution in [0.3, 0.4) is 0 Å². The van der Waals surface area contributed by atoms with Crippen molar-refractivity contribution < 1.29 is 13.6 Å². The van der Waals surface area contributed by atoms with Gasteiger partial charge in [-0.1, -0.05) is 12.1 Å². The van der Waals surface area contributed by atoms with E-state index in [4.69, 9.17) is 0 Å². The molecule has 138 valence electrons. The van der Waals surface area contributed by atoms with Crippen LogP contribution in [-0.2, 0) is 6.54 Å². The number of piperazine rings is 1. The summed E-state index contributed by atoms with van der Waals surface area (Å²) in [4.78, 5) is 16.8. The molecule has 2 aromatic carbocycles. The molecule has 0 bridgehead atoms. The fourth-order valence-electron chi connectivity index (χ4n) is 3.26. The number of halogens is 2. The highest BCUT2D eigenvalue weighted by atomic mass is 19.1. The molecule has 1 heterocycles. The van der Waals surface area contributed by atoms with Crippen LogP contribution in [0.25, 0.3) is 0 Å². The van der Waals surface area contributed by atoms with Crippen LogP contribution in [0.1, 0.15) is 28.8 Å². The van der Waals surface area contributed by atoms with Gasteiger partial charge >= 0.3 is 0 Å². The zero-order valence-corrected chi connectivity index (χ0v) is 14.8. The van der Waals surface area contributed by atoms with Crippen LogP contribution in [0, 0.1) is 11.6 Å². The fraction of sp³-hybridized carbons (Fsp3) is 0.381. The molecule has 5 heteroatoms. The second kappa shape index (κ2) is 9.01. The Labute approximate surface area is 153 Å². The van der Waals surface area contributed by atoms with Gasteiger partial charge in [0.1, 0.15) is 11.6 Å². The Kier molecular flexibility index (Phi) is 6.47. The third kappa shape index (κ3) is 5.44. The largest absolute Gasteiger partial charge is 0.301 e. The van der Waals surface area contributed by atoms with Gasteiger partial charge in [-0.15, -0.1) is 0 Å². The van der Waals surface area contributed by atoms with E-state index in [-0.39, 0.29) is 17.4 Å². The van der Waals surface area contributed by atoms with Crippen molar-refractivity contribution in [3.05, 3.63) is 71.3 Å². The first kappa shape index (κ1) is 18.7. The summed E-state index contributed by atoms with van der Waals surface area (Å²) in [5.74, 6) is -0.450. The number of benzene rings is 2. The SMILES string of the molecule is O=C(CCCN1CCN(Cc2ccc(F)cc2)CC1)c1ccc(F)cc1. The summed E-state index contributed by atoms with van der Waals surface area (Å²) in [7, 11) is 0.